The minimum absolute atomic E-state index is 0.0448. The number of hydrogen-bond acceptors (Lipinski definition) is 4. The van der Waals surface area contributed by atoms with Gasteiger partial charge in [0.1, 0.15) is 6.61 Å². The second-order valence-electron chi connectivity index (χ2n) is 3.45. The normalized spacial score (nSPS) is 17.1. The SMILES string of the molecule is NC(CO)c1ccc(C2=NCCO2)cc1. The van der Waals surface area contributed by atoms with E-state index in [2.05, 4.69) is 4.99 Å². The summed E-state index contributed by atoms with van der Waals surface area (Å²) in [5.74, 6) is 0.694. The van der Waals surface area contributed by atoms with Crippen molar-refractivity contribution in [3.63, 3.8) is 0 Å². The van der Waals surface area contributed by atoms with Crippen molar-refractivity contribution < 1.29 is 9.84 Å². The summed E-state index contributed by atoms with van der Waals surface area (Å²) in [6.07, 6.45) is 0. The summed E-state index contributed by atoms with van der Waals surface area (Å²) in [6.45, 7) is 1.34. The first-order chi connectivity index (χ1) is 7.31. The van der Waals surface area contributed by atoms with E-state index in [1.807, 2.05) is 24.3 Å². The minimum atomic E-state index is -0.314. The molecular formula is C11H14N2O2. The third-order valence-corrected chi connectivity index (χ3v) is 2.37. The van der Waals surface area contributed by atoms with E-state index in [1.54, 1.807) is 0 Å². The lowest BCUT2D eigenvalue weighted by Gasteiger charge is -2.09. The molecule has 0 amide bonds. The smallest absolute Gasteiger partial charge is 0.216 e. The molecule has 4 heteroatoms. The molecule has 0 fully saturated rings. The molecule has 1 heterocycles. The summed E-state index contributed by atoms with van der Waals surface area (Å²) in [6, 6.07) is 7.29. The highest BCUT2D eigenvalue weighted by Crippen LogP contribution is 2.13. The monoisotopic (exact) mass is 206 g/mol. The summed E-state index contributed by atoms with van der Waals surface area (Å²) >= 11 is 0. The van der Waals surface area contributed by atoms with Crippen LogP contribution in [0, 0.1) is 0 Å². The molecule has 1 unspecified atom stereocenters. The summed E-state index contributed by atoms with van der Waals surface area (Å²) in [7, 11) is 0. The molecule has 80 valence electrons. The molecule has 3 N–H and O–H groups in total. The Labute approximate surface area is 88.4 Å². The van der Waals surface area contributed by atoms with E-state index >= 15 is 0 Å². The van der Waals surface area contributed by atoms with Crippen LogP contribution in [0.2, 0.25) is 0 Å². The van der Waals surface area contributed by atoms with Crippen molar-refractivity contribution in [1.29, 1.82) is 0 Å². The molecule has 1 aromatic rings. The minimum Gasteiger partial charge on any atom is -0.476 e. The van der Waals surface area contributed by atoms with Gasteiger partial charge in [0.25, 0.3) is 0 Å². The lowest BCUT2D eigenvalue weighted by Crippen LogP contribution is -2.14. The Hall–Kier alpha value is -1.39. The lowest BCUT2D eigenvalue weighted by atomic mass is 10.1. The number of hydrogen-bond donors (Lipinski definition) is 2. The van der Waals surface area contributed by atoms with Gasteiger partial charge in [-0.25, -0.2) is 4.99 Å². The van der Waals surface area contributed by atoms with Crippen LogP contribution in [0.4, 0.5) is 0 Å². The van der Waals surface area contributed by atoms with Gasteiger partial charge in [-0.2, -0.15) is 0 Å². The first-order valence-electron chi connectivity index (χ1n) is 4.95. The zero-order valence-corrected chi connectivity index (χ0v) is 8.39. The number of rotatable bonds is 3. The number of aliphatic hydroxyl groups excluding tert-OH is 1. The van der Waals surface area contributed by atoms with Gasteiger partial charge in [-0.05, 0) is 17.7 Å². The molecule has 0 saturated heterocycles. The maximum Gasteiger partial charge on any atom is 0.216 e. The van der Waals surface area contributed by atoms with Gasteiger partial charge >= 0.3 is 0 Å². The molecule has 1 atom stereocenters. The average molecular weight is 206 g/mol. The quantitative estimate of drug-likeness (QED) is 0.754. The maximum absolute atomic E-state index is 8.90. The molecule has 0 saturated carbocycles. The number of nitrogens with two attached hydrogens (primary N) is 1. The van der Waals surface area contributed by atoms with Gasteiger partial charge in [0.15, 0.2) is 0 Å². The number of ether oxygens (including phenoxy) is 1. The van der Waals surface area contributed by atoms with Crippen molar-refractivity contribution in [1.82, 2.24) is 0 Å². The van der Waals surface area contributed by atoms with Crippen molar-refractivity contribution in [2.45, 2.75) is 6.04 Å². The standard InChI is InChI=1S/C11H14N2O2/c12-10(7-14)8-1-3-9(4-2-8)11-13-5-6-15-11/h1-4,10,14H,5-7,12H2. The topological polar surface area (TPSA) is 67.8 Å². The molecular weight excluding hydrogens is 192 g/mol. The fourth-order valence-electron chi connectivity index (χ4n) is 1.49. The van der Waals surface area contributed by atoms with Gasteiger partial charge in [0.05, 0.1) is 19.2 Å². The molecule has 15 heavy (non-hydrogen) atoms. The Bertz CT molecular complexity index is 359. The van der Waals surface area contributed by atoms with Crippen molar-refractivity contribution in [3.8, 4) is 0 Å². The molecule has 1 aliphatic heterocycles. The Morgan fingerprint density at radius 3 is 2.67 bits per heavy atom. The molecule has 4 nitrogen and oxygen atoms in total. The molecule has 1 aromatic carbocycles. The zero-order valence-electron chi connectivity index (χ0n) is 8.39. The van der Waals surface area contributed by atoms with E-state index in [0.717, 1.165) is 17.7 Å². The van der Waals surface area contributed by atoms with E-state index in [9.17, 15) is 0 Å². The average Bonchev–Trinajstić information content (AvgIpc) is 2.82. The Balaban J connectivity index is 2.16. The number of aliphatic hydroxyl groups is 1. The van der Waals surface area contributed by atoms with E-state index in [-0.39, 0.29) is 12.6 Å². The van der Waals surface area contributed by atoms with Gasteiger partial charge in [-0.3, -0.25) is 0 Å². The van der Waals surface area contributed by atoms with Crippen molar-refractivity contribution in [2.24, 2.45) is 10.7 Å². The first-order valence-corrected chi connectivity index (χ1v) is 4.95. The highest BCUT2D eigenvalue weighted by Gasteiger charge is 2.10. The highest BCUT2D eigenvalue weighted by molar-refractivity contribution is 5.94. The largest absolute Gasteiger partial charge is 0.476 e. The zero-order chi connectivity index (χ0) is 10.7. The van der Waals surface area contributed by atoms with Crippen LogP contribution in [0.3, 0.4) is 0 Å². The number of nitrogens with zero attached hydrogens (tertiary/aromatic N) is 1. The van der Waals surface area contributed by atoms with Crippen molar-refractivity contribution >= 4 is 5.90 Å². The molecule has 0 radical (unpaired) electrons. The van der Waals surface area contributed by atoms with Crippen LogP contribution in [-0.4, -0.2) is 30.8 Å². The predicted molar refractivity (Wildman–Crippen MR) is 57.8 cm³/mol. The van der Waals surface area contributed by atoms with Crippen LogP contribution < -0.4 is 5.73 Å². The lowest BCUT2D eigenvalue weighted by molar-refractivity contribution is 0.268. The molecule has 2 rings (SSSR count). The summed E-state index contributed by atoms with van der Waals surface area (Å²) in [5, 5.41) is 8.90. The van der Waals surface area contributed by atoms with Crippen LogP contribution in [0.1, 0.15) is 17.2 Å². The summed E-state index contributed by atoms with van der Waals surface area (Å²) in [5.41, 5.74) is 7.56. The Morgan fingerprint density at radius 2 is 2.13 bits per heavy atom. The van der Waals surface area contributed by atoms with E-state index in [4.69, 9.17) is 15.6 Å². The highest BCUT2D eigenvalue weighted by atomic mass is 16.5. The van der Waals surface area contributed by atoms with E-state index in [0.29, 0.717) is 12.5 Å². The van der Waals surface area contributed by atoms with Crippen LogP contribution >= 0.6 is 0 Å². The number of benzene rings is 1. The summed E-state index contributed by atoms with van der Waals surface area (Å²) in [4.78, 5) is 4.21. The fourth-order valence-corrected chi connectivity index (χ4v) is 1.49. The Kier molecular flexibility index (Phi) is 2.99. The van der Waals surface area contributed by atoms with Crippen molar-refractivity contribution in [3.05, 3.63) is 35.4 Å². The van der Waals surface area contributed by atoms with Crippen LogP contribution in [0.5, 0.6) is 0 Å². The van der Waals surface area contributed by atoms with Gasteiger partial charge in [0, 0.05) is 5.56 Å². The van der Waals surface area contributed by atoms with E-state index < -0.39 is 0 Å². The second-order valence-corrected chi connectivity index (χ2v) is 3.45. The van der Waals surface area contributed by atoms with Gasteiger partial charge in [0.2, 0.25) is 5.90 Å². The summed E-state index contributed by atoms with van der Waals surface area (Å²) < 4.78 is 5.34. The molecule has 0 aliphatic carbocycles. The van der Waals surface area contributed by atoms with Gasteiger partial charge in [-0.1, -0.05) is 12.1 Å². The molecule has 0 aromatic heterocycles. The Morgan fingerprint density at radius 1 is 1.40 bits per heavy atom. The third kappa shape index (κ3) is 2.16. The van der Waals surface area contributed by atoms with Crippen LogP contribution in [0.25, 0.3) is 0 Å². The van der Waals surface area contributed by atoms with E-state index in [1.165, 1.54) is 0 Å². The second kappa shape index (κ2) is 4.42. The maximum atomic E-state index is 8.90. The fraction of sp³-hybridized carbons (Fsp3) is 0.364. The van der Waals surface area contributed by atoms with Crippen LogP contribution in [-0.2, 0) is 4.74 Å². The molecule has 0 spiro atoms. The van der Waals surface area contributed by atoms with Crippen molar-refractivity contribution in [2.75, 3.05) is 19.8 Å². The molecule has 0 bridgehead atoms. The number of aliphatic imine (C=N–C) groups is 1. The van der Waals surface area contributed by atoms with Gasteiger partial charge < -0.3 is 15.6 Å². The van der Waals surface area contributed by atoms with Crippen LogP contribution in [0.15, 0.2) is 29.3 Å². The molecule has 1 aliphatic rings. The van der Waals surface area contributed by atoms with Gasteiger partial charge in [-0.15, -0.1) is 0 Å². The third-order valence-electron chi connectivity index (χ3n) is 2.37. The first kappa shape index (κ1) is 10.1. The predicted octanol–water partition coefficient (Wildman–Crippen LogP) is 0.455.